The molecule has 3 heterocycles. The molecule has 0 amide bonds. The van der Waals surface area contributed by atoms with E-state index in [1.165, 1.54) is 6.07 Å². The molecule has 0 spiro atoms. The predicted octanol–water partition coefficient (Wildman–Crippen LogP) is 2.64. The number of halogens is 1. The van der Waals surface area contributed by atoms with E-state index < -0.39 is 12.1 Å². The molecule has 0 bridgehead atoms. The number of fused-ring (bicyclic) bond motifs is 1. The van der Waals surface area contributed by atoms with Crippen LogP contribution in [0.15, 0.2) is 33.7 Å². The van der Waals surface area contributed by atoms with Gasteiger partial charge in [0.1, 0.15) is 5.82 Å². The normalized spacial score (nSPS) is 12.3. The van der Waals surface area contributed by atoms with Gasteiger partial charge in [0.15, 0.2) is 11.8 Å². The second kappa shape index (κ2) is 5.96. The van der Waals surface area contributed by atoms with E-state index in [4.69, 9.17) is 4.74 Å². The molecule has 8 heteroatoms. The van der Waals surface area contributed by atoms with Crippen molar-refractivity contribution in [1.82, 2.24) is 19.9 Å². The minimum absolute atomic E-state index is 0.204. The number of pyridine rings is 2. The highest BCUT2D eigenvalue weighted by Gasteiger charge is 2.18. The van der Waals surface area contributed by atoms with Crippen LogP contribution >= 0.6 is 15.9 Å². The maximum atomic E-state index is 12.2. The Morgan fingerprint density at radius 3 is 2.83 bits per heavy atom. The molecule has 3 aromatic heterocycles. The topological polar surface area (TPSA) is 101 Å². The number of nitrogens with one attached hydrogen (secondary N) is 2. The SMILES string of the molecule is Cc1cc(C(=O)O[C@H](C)c2nc3ncc(Br)cc3[nH]2)cc(=O)[nH]1. The van der Waals surface area contributed by atoms with Crippen LogP contribution in [0.1, 0.15) is 34.9 Å². The fraction of sp³-hybridized carbons (Fsp3) is 0.200. The van der Waals surface area contributed by atoms with E-state index in [0.29, 0.717) is 17.2 Å². The summed E-state index contributed by atoms with van der Waals surface area (Å²) < 4.78 is 6.19. The Bertz CT molecular complexity index is 947. The first-order valence-corrected chi connectivity index (χ1v) is 7.65. The third kappa shape index (κ3) is 3.31. The number of rotatable bonds is 3. The number of aromatic amines is 2. The van der Waals surface area contributed by atoms with Crippen LogP contribution in [-0.4, -0.2) is 25.9 Å². The molecule has 1 atom stereocenters. The van der Waals surface area contributed by atoms with Crippen molar-refractivity contribution in [2.75, 3.05) is 0 Å². The summed E-state index contributed by atoms with van der Waals surface area (Å²) in [5, 5.41) is 0. The van der Waals surface area contributed by atoms with Crippen molar-refractivity contribution >= 4 is 33.1 Å². The highest BCUT2D eigenvalue weighted by Crippen LogP contribution is 2.20. The highest BCUT2D eigenvalue weighted by molar-refractivity contribution is 9.10. The maximum Gasteiger partial charge on any atom is 0.339 e. The van der Waals surface area contributed by atoms with Crippen LogP contribution in [0.2, 0.25) is 0 Å². The Balaban J connectivity index is 1.83. The monoisotopic (exact) mass is 376 g/mol. The molecule has 0 aromatic carbocycles. The molecule has 7 nitrogen and oxygen atoms in total. The van der Waals surface area contributed by atoms with Gasteiger partial charge in [0.2, 0.25) is 5.56 Å². The summed E-state index contributed by atoms with van der Waals surface area (Å²) in [6.07, 6.45) is 1.04. The third-order valence-corrected chi connectivity index (χ3v) is 3.64. The van der Waals surface area contributed by atoms with E-state index in [9.17, 15) is 9.59 Å². The molecule has 118 valence electrons. The molecule has 0 fully saturated rings. The van der Waals surface area contributed by atoms with E-state index >= 15 is 0 Å². The van der Waals surface area contributed by atoms with Gasteiger partial charge in [0.25, 0.3) is 0 Å². The van der Waals surface area contributed by atoms with Crippen LogP contribution in [-0.2, 0) is 4.74 Å². The molecule has 23 heavy (non-hydrogen) atoms. The summed E-state index contributed by atoms with van der Waals surface area (Å²) in [5.41, 5.74) is 1.73. The molecule has 0 aliphatic rings. The second-order valence-electron chi connectivity index (χ2n) is 5.11. The molecule has 0 radical (unpaired) electrons. The number of aromatic nitrogens is 4. The second-order valence-corrected chi connectivity index (χ2v) is 6.03. The standard InChI is InChI=1S/C15H13BrN4O3/c1-7-3-9(4-12(21)18-7)15(22)23-8(2)13-19-11-5-10(16)6-17-14(11)20-13/h3-6,8H,1-2H3,(H,18,21)(H,17,19,20)/t8-/m1/s1. The molecule has 0 saturated heterocycles. The maximum absolute atomic E-state index is 12.2. The average Bonchev–Trinajstić information content (AvgIpc) is 2.89. The van der Waals surface area contributed by atoms with Crippen LogP contribution < -0.4 is 5.56 Å². The fourth-order valence-corrected chi connectivity index (χ4v) is 2.50. The average molecular weight is 377 g/mol. The summed E-state index contributed by atoms with van der Waals surface area (Å²) in [6, 6.07) is 4.61. The molecule has 0 unspecified atom stereocenters. The number of aryl methyl sites for hydroxylation is 1. The van der Waals surface area contributed by atoms with E-state index in [0.717, 1.165) is 9.99 Å². The number of esters is 1. The number of carbonyl (C=O) groups is 1. The summed E-state index contributed by atoms with van der Waals surface area (Å²) in [6.45, 7) is 3.40. The van der Waals surface area contributed by atoms with Crippen molar-refractivity contribution in [3.63, 3.8) is 0 Å². The number of nitrogens with zero attached hydrogens (tertiary/aromatic N) is 2. The van der Waals surface area contributed by atoms with Crippen LogP contribution in [0.5, 0.6) is 0 Å². The minimum Gasteiger partial charge on any atom is -0.451 e. The van der Waals surface area contributed by atoms with Gasteiger partial charge in [-0.15, -0.1) is 0 Å². The Kier molecular flexibility index (Phi) is 3.99. The third-order valence-electron chi connectivity index (χ3n) is 3.21. The lowest BCUT2D eigenvalue weighted by Gasteiger charge is -2.10. The van der Waals surface area contributed by atoms with Crippen molar-refractivity contribution in [2.45, 2.75) is 20.0 Å². The molecular weight excluding hydrogens is 364 g/mol. The quantitative estimate of drug-likeness (QED) is 0.684. The first kappa shape index (κ1) is 15.4. The summed E-state index contributed by atoms with van der Waals surface area (Å²) in [7, 11) is 0. The van der Waals surface area contributed by atoms with Crippen LogP contribution in [0.3, 0.4) is 0 Å². The first-order chi connectivity index (χ1) is 10.9. The Morgan fingerprint density at radius 1 is 1.30 bits per heavy atom. The highest BCUT2D eigenvalue weighted by atomic mass is 79.9. The van der Waals surface area contributed by atoms with Gasteiger partial charge in [-0.3, -0.25) is 4.79 Å². The number of imidazole rings is 1. The van der Waals surface area contributed by atoms with E-state index in [2.05, 4.69) is 35.9 Å². The number of hydrogen-bond acceptors (Lipinski definition) is 5. The molecule has 3 aromatic rings. The number of ether oxygens (including phenoxy) is 1. The van der Waals surface area contributed by atoms with Crippen molar-refractivity contribution in [2.24, 2.45) is 0 Å². The van der Waals surface area contributed by atoms with Crippen molar-refractivity contribution < 1.29 is 9.53 Å². The molecule has 2 N–H and O–H groups in total. The largest absolute Gasteiger partial charge is 0.451 e. The van der Waals surface area contributed by atoms with Gasteiger partial charge in [-0.25, -0.2) is 14.8 Å². The van der Waals surface area contributed by atoms with Crippen LogP contribution in [0, 0.1) is 6.92 Å². The first-order valence-electron chi connectivity index (χ1n) is 6.85. The van der Waals surface area contributed by atoms with E-state index in [1.807, 2.05) is 6.07 Å². The smallest absolute Gasteiger partial charge is 0.339 e. The van der Waals surface area contributed by atoms with Crippen molar-refractivity contribution in [3.05, 3.63) is 56.3 Å². The number of H-pyrrole nitrogens is 2. The van der Waals surface area contributed by atoms with Gasteiger partial charge >= 0.3 is 5.97 Å². The Hall–Kier alpha value is -2.48. The summed E-state index contributed by atoms with van der Waals surface area (Å²) in [5.74, 6) is -0.0955. The van der Waals surface area contributed by atoms with E-state index in [1.54, 1.807) is 26.1 Å². The van der Waals surface area contributed by atoms with Gasteiger partial charge < -0.3 is 14.7 Å². The van der Waals surface area contributed by atoms with Gasteiger partial charge in [0, 0.05) is 22.4 Å². The summed E-state index contributed by atoms with van der Waals surface area (Å²) in [4.78, 5) is 37.7. The van der Waals surface area contributed by atoms with Crippen LogP contribution in [0.25, 0.3) is 11.2 Å². The fourth-order valence-electron chi connectivity index (χ4n) is 2.17. The zero-order valence-corrected chi connectivity index (χ0v) is 14.0. The zero-order chi connectivity index (χ0) is 16.6. The number of hydrogen-bond donors (Lipinski definition) is 2. The van der Waals surface area contributed by atoms with Gasteiger partial charge in [0.05, 0.1) is 11.1 Å². The lowest BCUT2D eigenvalue weighted by Crippen LogP contribution is -2.15. The number of carbonyl (C=O) groups excluding carboxylic acids is 1. The van der Waals surface area contributed by atoms with Crippen LogP contribution in [0.4, 0.5) is 0 Å². The van der Waals surface area contributed by atoms with Gasteiger partial charge in [-0.05, 0) is 41.9 Å². The van der Waals surface area contributed by atoms with Crippen molar-refractivity contribution in [3.8, 4) is 0 Å². The minimum atomic E-state index is -0.602. The van der Waals surface area contributed by atoms with Gasteiger partial charge in [-0.1, -0.05) is 0 Å². The zero-order valence-electron chi connectivity index (χ0n) is 12.4. The van der Waals surface area contributed by atoms with Gasteiger partial charge in [-0.2, -0.15) is 0 Å². The summed E-state index contributed by atoms with van der Waals surface area (Å²) >= 11 is 3.33. The molecule has 0 aliphatic heterocycles. The molecule has 3 rings (SSSR count). The van der Waals surface area contributed by atoms with Crippen molar-refractivity contribution in [1.29, 1.82) is 0 Å². The molecular formula is C15H13BrN4O3. The lowest BCUT2D eigenvalue weighted by molar-refractivity contribution is 0.0321. The van der Waals surface area contributed by atoms with E-state index in [-0.39, 0.29) is 11.1 Å². The molecule has 0 saturated carbocycles. The molecule has 0 aliphatic carbocycles. The Morgan fingerprint density at radius 2 is 2.09 bits per heavy atom. The lowest BCUT2D eigenvalue weighted by atomic mass is 10.2. The Labute approximate surface area is 139 Å². The predicted molar refractivity (Wildman–Crippen MR) is 87.2 cm³/mol.